The van der Waals surface area contributed by atoms with Crippen LogP contribution in [0, 0.1) is 6.92 Å². The first-order valence-electron chi connectivity index (χ1n) is 10.7. The topological polar surface area (TPSA) is 78.3 Å². The molecule has 32 heavy (non-hydrogen) atoms. The summed E-state index contributed by atoms with van der Waals surface area (Å²) in [5, 5.41) is 12.2. The van der Waals surface area contributed by atoms with Gasteiger partial charge in [0.25, 0.3) is 0 Å². The van der Waals surface area contributed by atoms with Gasteiger partial charge in [-0.3, -0.25) is 4.79 Å². The molecule has 0 bridgehead atoms. The summed E-state index contributed by atoms with van der Waals surface area (Å²) in [5.74, 6) is 2.10. The second kappa shape index (κ2) is 11.0. The zero-order chi connectivity index (χ0) is 23.1. The number of methoxy groups -OCH3 is 2. The van der Waals surface area contributed by atoms with Gasteiger partial charge in [-0.2, -0.15) is 0 Å². The highest BCUT2D eigenvalue weighted by Crippen LogP contribution is 2.30. The number of aryl methyl sites for hydroxylation is 1. The van der Waals surface area contributed by atoms with Crippen LogP contribution in [-0.2, 0) is 11.3 Å². The molecule has 0 saturated heterocycles. The molecule has 0 spiro atoms. The van der Waals surface area contributed by atoms with Crippen molar-refractivity contribution in [1.29, 1.82) is 0 Å². The minimum atomic E-state index is -0.367. The largest absolute Gasteiger partial charge is 0.497 e. The van der Waals surface area contributed by atoms with Crippen LogP contribution in [0.15, 0.2) is 47.6 Å². The second-order valence-electron chi connectivity index (χ2n) is 7.49. The van der Waals surface area contributed by atoms with E-state index >= 15 is 0 Å². The fourth-order valence-corrected chi connectivity index (χ4v) is 4.09. The van der Waals surface area contributed by atoms with Crippen molar-refractivity contribution in [3.63, 3.8) is 0 Å². The van der Waals surface area contributed by atoms with Crippen LogP contribution in [-0.4, -0.2) is 40.1 Å². The highest BCUT2D eigenvalue weighted by Gasteiger charge is 2.22. The van der Waals surface area contributed by atoms with Crippen molar-refractivity contribution >= 4 is 23.4 Å². The molecule has 2 aromatic carbocycles. The monoisotopic (exact) mass is 454 g/mol. The van der Waals surface area contributed by atoms with E-state index in [0.29, 0.717) is 11.4 Å². The summed E-state index contributed by atoms with van der Waals surface area (Å²) in [6.07, 6.45) is 2.04. The Morgan fingerprint density at radius 2 is 1.88 bits per heavy atom. The van der Waals surface area contributed by atoms with Crippen LogP contribution >= 0.6 is 11.8 Å². The number of carbonyl (C=O) groups is 1. The molecule has 1 amide bonds. The lowest BCUT2D eigenvalue weighted by Gasteiger charge is -2.15. The van der Waals surface area contributed by atoms with Gasteiger partial charge in [0.1, 0.15) is 11.5 Å². The highest BCUT2D eigenvalue weighted by molar-refractivity contribution is 8.00. The molecule has 0 radical (unpaired) electrons. The number of anilines is 1. The number of hydrogen-bond acceptors (Lipinski definition) is 6. The number of ether oxygens (including phenoxy) is 2. The van der Waals surface area contributed by atoms with Crippen molar-refractivity contribution < 1.29 is 14.3 Å². The summed E-state index contributed by atoms with van der Waals surface area (Å²) in [5.41, 5.74) is 2.67. The molecule has 0 fully saturated rings. The number of thioether (sulfide) groups is 1. The van der Waals surface area contributed by atoms with Crippen LogP contribution in [0.3, 0.4) is 0 Å². The molecule has 170 valence electrons. The predicted octanol–water partition coefficient (Wildman–Crippen LogP) is 5.19. The summed E-state index contributed by atoms with van der Waals surface area (Å²) in [6.45, 7) is 6.78. The molecule has 8 heteroatoms. The molecule has 0 saturated carbocycles. The van der Waals surface area contributed by atoms with Crippen molar-refractivity contribution in [2.45, 2.75) is 50.6 Å². The number of amides is 1. The molecule has 1 unspecified atom stereocenters. The SMILES string of the molecule is CCCCn1c(SC(C)C(=O)Nc2cc(C)ccc2OC)nnc1-c1ccc(OC)cc1. The first-order chi connectivity index (χ1) is 15.5. The van der Waals surface area contributed by atoms with Gasteiger partial charge in [0.2, 0.25) is 5.91 Å². The molecule has 1 atom stereocenters. The number of carbonyl (C=O) groups excluding carboxylic acids is 1. The lowest BCUT2D eigenvalue weighted by atomic mass is 10.2. The minimum Gasteiger partial charge on any atom is -0.497 e. The molecule has 0 aliphatic rings. The molecule has 7 nitrogen and oxygen atoms in total. The van der Waals surface area contributed by atoms with E-state index in [4.69, 9.17) is 9.47 Å². The summed E-state index contributed by atoms with van der Waals surface area (Å²) in [6, 6.07) is 13.5. The van der Waals surface area contributed by atoms with E-state index < -0.39 is 0 Å². The van der Waals surface area contributed by atoms with Crippen molar-refractivity contribution in [1.82, 2.24) is 14.8 Å². The molecule has 0 aliphatic carbocycles. The van der Waals surface area contributed by atoms with Crippen molar-refractivity contribution in [2.75, 3.05) is 19.5 Å². The predicted molar refractivity (Wildman–Crippen MR) is 129 cm³/mol. The molecule has 3 rings (SSSR count). The smallest absolute Gasteiger partial charge is 0.237 e. The Kier molecular flexibility index (Phi) is 8.16. The van der Waals surface area contributed by atoms with Gasteiger partial charge in [0, 0.05) is 12.1 Å². The van der Waals surface area contributed by atoms with E-state index in [-0.39, 0.29) is 11.2 Å². The second-order valence-corrected chi connectivity index (χ2v) is 8.80. The van der Waals surface area contributed by atoms with E-state index in [0.717, 1.165) is 47.2 Å². The molecule has 1 N–H and O–H groups in total. The maximum atomic E-state index is 12.9. The molecular formula is C24H30N4O3S. The Morgan fingerprint density at radius 1 is 1.12 bits per heavy atom. The Morgan fingerprint density at radius 3 is 2.53 bits per heavy atom. The van der Waals surface area contributed by atoms with Crippen LogP contribution in [0.1, 0.15) is 32.3 Å². The summed E-state index contributed by atoms with van der Waals surface area (Å²) < 4.78 is 12.7. The maximum absolute atomic E-state index is 12.9. The molecule has 1 heterocycles. The van der Waals surface area contributed by atoms with Crippen LogP contribution in [0.25, 0.3) is 11.4 Å². The Hall–Kier alpha value is -3.00. The van der Waals surface area contributed by atoms with Gasteiger partial charge in [-0.1, -0.05) is 31.2 Å². The van der Waals surface area contributed by atoms with E-state index in [2.05, 4.69) is 27.0 Å². The quantitative estimate of drug-likeness (QED) is 0.425. The number of aromatic nitrogens is 3. The third-order valence-corrected chi connectivity index (χ3v) is 6.15. The Labute approximate surface area is 193 Å². The van der Waals surface area contributed by atoms with Crippen molar-refractivity contribution in [2.24, 2.45) is 0 Å². The van der Waals surface area contributed by atoms with Crippen LogP contribution < -0.4 is 14.8 Å². The Bertz CT molecular complexity index is 1050. The third kappa shape index (κ3) is 5.62. The Balaban J connectivity index is 1.80. The number of hydrogen-bond donors (Lipinski definition) is 1. The zero-order valence-corrected chi connectivity index (χ0v) is 20.0. The number of nitrogens with zero attached hydrogens (tertiary/aromatic N) is 3. The number of unbranched alkanes of at least 4 members (excludes halogenated alkanes) is 1. The van der Waals surface area contributed by atoms with Gasteiger partial charge in [0.05, 0.1) is 25.2 Å². The lowest BCUT2D eigenvalue weighted by Crippen LogP contribution is -2.23. The molecule has 3 aromatic rings. The minimum absolute atomic E-state index is 0.116. The fraction of sp³-hybridized carbons (Fsp3) is 0.375. The van der Waals surface area contributed by atoms with Crippen molar-refractivity contribution in [3.8, 4) is 22.9 Å². The summed E-state index contributed by atoms with van der Waals surface area (Å²) >= 11 is 1.40. The van der Waals surface area contributed by atoms with Crippen LogP contribution in [0.4, 0.5) is 5.69 Å². The molecular weight excluding hydrogens is 424 g/mol. The summed E-state index contributed by atoms with van der Waals surface area (Å²) in [7, 11) is 3.24. The average molecular weight is 455 g/mol. The first kappa shape index (κ1) is 23.7. The van der Waals surface area contributed by atoms with Crippen LogP contribution in [0.5, 0.6) is 11.5 Å². The van der Waals surface area contributed by atoms with E-state index in [1.807, 2.05) is 56.3 Å². The fourth-order valence-electron chi connectivity index (χ4n) is 3.21. The van der Waals surface area contributed by atoms with E-state index in [1.165, 1.54) is 11.8 Å². The van der Waals surface area contributed by atoms with Crippen molar-refractivity contribution in [3.05, 3.63) is 48.0 Å². The highest BCUT2D eigenvalue weighted by atomic mass is 32.2. The standard InChI is InChI=1S/C24H30N4O3S/c1-6-7-14-28-22(18-9-11-19(30-4)12-10-18)26-27-24(28)32-17(3)23(29)25-20-15-16(2)8-13-21(20)31-5/h8-13,15,17H,6-7,14H2,1-5H3,(H,25,29). The normalized spacial score (nSPS) is 11.8. The molecule has 1 aromatic heterocycles. The average Bonchev–Trinajstić information content (AvgIpc) is 3.19. The van der Waals surface area contributed by atoms with Gasteiger partial charge in [-0.25, -0.2) is 0 Å². The third-order valence-electron chi connectivity index (χ3n) is 5.06. The number of benzene rings is 2. The van der Waals surface area contributed by atoms with E-state index in [1.54, 1.807) is 14.2 Å². The lowest BCUT2D eigenvalue weighted by molar-refractivity contribution is -0.115. The summed E-state index contributed by atoms with van der Waals surface area (Å²) in [4.78, 5) is 12.9. The number of rotatable bonds is 10. The van der Waals surface area contributed by atoms with Crippen LogP contribution in [0.2, 0.25) is 0 Å². The molecule has 0 aliphatic heterocycles. The maximum Gasteiger partial charge on any atom is 0.237 e. The van der Waals surface area contributed by atoms with Gasteiger partial charge in [0.15, 0.2) is 11.0 Å². The van der Waals surface area contributed by atoms with E-state index in [9.17, 15) is 4.79 Å². The number of nitrogens with one attached hydrogen (secondary N) is 1. The van der Waals surface area contributed by atoms with Gasteiger partial charge >= 0.3 is 0 Å². The van der Waals surface area contributed by atoms with Gasteiger partial charge < -0.3 is 19.4 Å². The first-order valence-corrected chi connectivity index (χ1v) is 11.5. The van der Waals surface area contributed by atoms with Gasteiger partial charge in [-0.15, -0.1) is 10.2 Å². The van der Waals surface area contributed by atoms with Gasteiger partial charge in [-0.05, 0) is 62.2 Å². The zero-order valence-electron chi connectivity index (χ0n) is 19.2.